The molecule has 2 unspecified atom stereocenters. The number of ether oxygens (including phenoxy) is 1. The Hall–Kier alpha value is -0.880. The number of aromatic nitrogens is 1. The third-order valence-electron chi connectivity index (χ3n) is 3.37. The highest BCUT2D eigenvalue weighted by molar-refractivity contribution is 6.31. The van der Waals surface area contributed by atoms with E-state index in [0.717, 1.165) is 11.5 Å². The molecule has 0 radical (unpaired) electrons. The van der Waals surface area contributed by atoms with Crippen LogP contribution in [-0.4, -0.2) is 53.9 Å². The highest BCUT2D eigenvalue weighted by Gasteiger charge is 2.26. The van der Waals surface area contributed by atoms with Gasteiger partial charge in [0.2, 0.25) is 0 Å². The van der Waals surface area contributed by atoms with Crippen molar-refractivity contribution < 1.29 is 9.84 Å². The Morgan fingerprint density at radius 1 is 1.58 bits per heavy atom. The monoisotopic (exact) mass is 285 g/mol. The average molecular weight is 286 g/mol. The molecule has 2 N–H and O–H groups in total. The molecule has 1 aliphatic rings. The summed E-state index contributed by atoms with van der Waals surface area (Å²) >= 11 is 6.19. The molecular weight excluding hydrogens is 266 g/mol. The number of nitrogens with zero attached hydrogens (tertiary/aromatic N) is 2. The van der Waals surface area contributed by atoms with Gasteiger partial charge in [0.05, 0.1) is 30.0 Å². The van der Waals surface area contributed by atoms with Gasteiger partial charge in [-0.25, -0.2) is 4.98 Å². The molecule has 106 valence electrons. The molecule has 1 saturated heterocycles. The average Bonchev–Trinajstić information content (AvgIpc) is 2.43. The van der Waals surface area contributed by atoms with Gasteiger partial charge in [-0.05, 0) is 19.1 Å². The summed E-state index contributed by atoms with van der Waals surface area (Å²) in [5.74, 6) is 0.805. The van der Waals surface area contributed by atoms with E-state index in [1.807, 2.05) is 19.2 Å². The number of nitrogens with one attached hydrogen (secondary N) is 1. The topological polar surface area (TPSA) is 57.6 Å². The molecule has 2 rings (SSSR count). The Bertz CT molecular complexity index is 430. The Morgan fingerprint density at radius 3 is 3.05 bits per heavy atom. The number of pyridine rings is 1. The molecule has 1 aromatic rings. The fourth-order valence-electron chi connectivity index (χ4n) is 2.13. The largest absolute Gasteiger partial charge is 0.394 e. The molecule has 2 atom stereocenters. The van der Waals surface area contributed by atoms with Crippen molar-refractivity contribution >= 4 is 17.4 Å². The third kappa shape index (κ3) is 3.57. The Labute approximate surface area is 118 Å². The van der Waals surface area contributed by atoms with Gasteiger partial charge in [-0.3, -0.25) is 4.90 Å². The highest BCUT2D eigenvalue weighted by atomic mass is 35.5. The van der Waals surface area contributed by atoms with Gasteiger partial charge >= 0.3 is 0 Å². The minimum Gasteiger partial charge on any atom is -0.394 e. The van der Waals surface area contributed by atoms with E-state index in [2.05, 4.69) is 22.1 Å². The number of morpholine rings is 1. The number of halogens is 1. The fraction of sp³-hybridized carbons (Fsp3) is 0.615. The van der Waals surface area contributed by atoms with Crippen molar-refractivity contribution in [1.82, 2.24) is 9.88 Å². The van der Waals surface area contributed by atoms with Crippen LogP contribution >= 0.6 is 11.6 Å². The van der Waals surface area contributed by atoms with E-state index in [1.165, 1.54) is 0 Å². The lowest BCUT2D eigenvalue weighted by atomic mass is 10.2. The van der Waals surface area contributed by atoms with Crippen LogP contribution in [0.1, 0.15) is 12.6 Å². The second kappa shape index (κ2) is 6.52. The summed E-state index contributed by atoms with van der Waals surface area (Å²) in [5, 5.41) is 12.9. The minimum atomic E-state index is -0.123. The van der Waals surface area contributed by atoms with Gasteiger partial charge in [0.1, 0.15) is 5.82 Å². The summed E-state index contributed by atoms with van der Waals surface area (Å²) in [7, 11) is 1.83. The predicted molar refractivity (Wildman–Crippen MR) is 75.5 cm³/mol. The standard InChI is InChI=1S/C13H20ClN3O2/c1-9-8-19-10(7-18)5-17(9)6-12-11(14)3-4-13(15-2)16-12/h3-4,9-10,18H,5-8H2,1-2H3,(H,15,16). The summed E-state index contributed by atoms with van der Waals surface area (Å²) in [4.78, 5) is 6.72. The highest BCUT2D eigenvalue weighted by Crippen LogP contribution is 2.21. The number of hydrogen-bond acceptors (Lipinski definition) is 5. The number of hydrogen-bond donors (Lipinski definition) is 2. The van der Waals surface area contributed by atoms with Crippen LogP contribution < -0.4 is 5.32 Å². The van der Waals surface area contributed by atoms with Crippen LogP contribution in [0.4, 0.5) is 5.82 Å². The Morgan fingerprint density at radius 2 is 2.37 bits per heavy atom. The molecule has 19 heavy (non-hydrogen) atoms. The van der Waals surface area contributed by atoms with Crippen LogP contribution in [0.15, 0.2) is 12.1 Å². The fourth-order valence-corrected chi connectivity index (χ4v) is 2.30. The van der Waals surface area contributed by atoms with E-state index in [4.69, 9.17) is 16.3 Å². The molecule has 1 fully saturated rings. The van der Waals surface area contributed by atoms with Gasteiger partial charge in [-0.15, -0.1) is 0 Å². The maximum absolute atomic E-state index is 9.19. The first-order chi connectivity index (χ1) is 9.13. The number of rotatable bonds is 4. The second-order valence-corrected chi connectivity index (χ2v) is 5.20. The predicted octanol–water partition coefficient (Wildman–Crippen LogP) is 1.36. The maximum atomic E-state index is 9.19. The van der Waals surface area contributed by atoms with E-state index < -0.39 is 0 Å². The van der Waals surface area contributed by atoms with Crippen LogP contribution in [-0.2, 0) is 11.3 Å². The lowest BCUT2D eigenvalue weighted by Gasteiger charge is -2.37. The molecular formula is C13H20ClN3O2. The summed E-state index contributed by atoms with van der Waals surface area (Å²) in [6.07, 6.45) is -0.123. The summed E-state index contributed by atoms with van der Waals surface area (Å²) < 4.78 is 5.53. The van der Waals surface area contributed by atoms with Crippen molar-refractivity contribution in [3.8, 4) is 0 Å². The van der Waals surface area contributed by atoms with Crippen LogP contribution in [0.5, 0.6) is 0 Å². The molecule has 1 aliphatic heterocycles. The Balaban J connectivity index is 2.10. The van der Waals surface area contributed by atoms with Gasteiger partial charge in [-0.1, -0.05) is 11.6 Å². The van der Waals surface area contributed by atoms with Crippen molar-refractivity contribution in [1.29, 1.82) is 0 Å². The molecule has 5 nitrogen and oxygen atoms in total. The quantitative estimate of drug-likeness (QED) is 0.875. The first kappa shape index (κ1) is 14.5. The van der Waals surface area contributed by atoms with Gasteiger partial charge in [0.15, 0.2) is 0 Å². The maximum Gasteiger partial charge on any atom is 0.126 e. The summed E-state index contributed by atoms with van der Waals surface area (Å²) in [6.45, 7) is 4.12. The molecule has 0 bridgehead atoms. The first-order valence-electron chi connectivity index (χ1n) is 6.43. The zero-order chi connectivity index (χ0) is 13.8. The number of aliphatic hydroxyl groups excluding tert-OH is 1. The normalized spacial score (nSPS) is 24.4. The van der Waals surface area contributed by atoms with Crippen molar-refractivity contribution in [2.75, 3.05) is 32.1 Å². The van der Waals surface area contributed by atoms with E-state index in [-0.39, 0.29) is 12.7 Å². The summed E-state index contributed by atoms with van der Waals surface area (Å²) in [5.41, 5.74) is 0.846. The number of anilines is 1. The van der Waals surface area contributed by atoms with E-state index in [9.17, 15) is 5.11 Å². The van der Waals surface area contributed by atoms with Crippen LogP contribution in [0.2, 0.25) is 5.02 Å². The van der Waals surface area contributed by atoms with Crippen molar-refractivity contribution in [3.63, 3.8) is 0 Å². The van der Waals surface area contributed by atoms with Crippen molar-refractivity contribution in [3.05, 3.63) is 22.8 Å². The molecule has 0 aliphatic carbocycles. The lowest BCUT2D eigenvalue weighted by Crippen LogP contribution is -2.49. The molecule has 2 heterocycles. The smallest absolute Gasteiger partial charge is 0.126 e. The van der Waals surface area contributed by atoms with E-state index >= 15 is 0 Å². The number of aliphatic hydroxyl groups is 1. The Kier molecular flexibility index (Phi) is 4.99. The second-order valence-electron chi connectivity index (χ2n) is 4.79. The molecule has 1 aromatic heterocycles. The lowest BCUT2D eigenvalue weighted by molar-refractivity contribution is -0.0808. The van der Waals surface area contributed by atoms with Crippen LogP contribution in [0.3, 0.4) is 0 Å². The zero-order valence-corrected chi connectivity index (χ0v) is 12.0. The van der Waals surface area contributed by atoms with E-state index in [1.54, 1.807) is 0 Å². The molecule has 0 spiro atoms. The molecule has 0 aromatic carbocycles. The van der Waals surface area contributed by atoms with Gasteiger partial charge in [0, 0.05) is 26.2 Å². The van der Waals surface area contributed by atoms with Crippen LogP contribution in [0, 0.1) is 0 Å². The van der Waals surface area contributed by atoms with Crippen molar-refractivity contribution in [2.45, 2.75) is 25.6 Å². The zero-order valence-electron chi connectivity index (χ0n) is 11.3. The van der Waals surface area contributed by atoms with E-state index in [0.29, 0.717) is 30.8 Å². The summed E-state index contributed by atoms with van der Waals surface area (Å²) in [6, 6.07) is 3.99. The van der Waals surface area contributed by atoms with Gasteiger partial charge in [-0.2, -0.15) is 0 Å². The first-order valence-corrected chi connectivity index (χ1v) is 6.81. The molecule has 0 amide bonds. The van der Waals surface area contributed by atoms with Crippen molar-refractivity contribution in [2.24, 2.45) is 0 Å². The van der Waals surface area contributed by atoms with Gasteiger partial charge < -0.3 is 15.2 Å². The minimum absolute atomic E-state index is 0.0426. The SMILES string of the molecule is CNc1ccc(Cl)c(CN2CC(CO)OCC2C)n1. The molecule has 0 saturated carbocycles. The van der Waals surface area contributed by atoms with Gasteiger partial charge in [0.25, 0.3) is 0 Å². The molecule has 6 heteroatoms. The third-order valence-corrected chi connectivity index (χ3v) is 3.71. The van der Waals surface area contributed by atoms with Crippen LogP contribution in [0.25, 0.3) is 0 Å².